The Morgan fingerprint density at radius 3 is 2.61 bits per heavy atom. The first kappa shape index (κ1) is 16.8. The molecule has 0 spiro atoms. The quantitative estimate of drug-likeness (QED) is 0.906. The molecule has 1 amide bonds. The van der Waals surface area contributed by atoms with Crippen molar-refractivity contribution in [1.82, 2.24) is 4.31 Å². The molecule has 1 aliphatic carbocycles. The fourth-order valence-electron chi connectivity index (χ4n) is 3.16. The van der Waals surface area contributed by atoms with Crippen molar-refractivity contribution in [1.29, 1.82) is 0 Å². The molecule has 126 valence electrons. The molecule has 1 atom stereocenters. The molecule has 23 heavy (non-hydrogen) atoms. The number of hydrogen-bond acceptors (Lipinski definition) is 4. The Morgan fingerprint density at radius 2 is 1.91 bits per heavy atom. The Morgan fingerprint density at radius 1 is 1.22 bits per heavy atom. The van der Waals surface area contributed by atoms with Gasteiger partial charge in [-0.25, -0.2) is 8.42 Å². The molecule has 1 saturated carbocycles. The number of carbonyl (C=O) groups excluding carboxylic acids is 1. The molecule has 0 radical (unpaired) electrons. The summed E-state index contributed by atoms with van der Waals surface area (Å²) in [5, 5.41) is 2.64. The molecule has 1 aliphatic heterocycles. The number of fused-ring (bicyclic) bond motifs is 1. The van der Waals surface area contributed by atoms with Gasteiger partial charge in [-0.15, -0.1) is 11.8 Å². The van der Waals surface area contributed by atoms with Crippen molar-refractivity contribution < 1.29 is 13.2 Å². The van der Waals surface area contributed by atoms with Gasteiger partial charge in [0.15, 0.2) is 0 Å². The maximum atomic E-state index is 12.9. The zero-order valence-corrected chi connectivity index (χ0v) is 15.0. The van der Waals surface area contributed by atoms with E-state index in [1.807, 2.05) is 6.92 Å². The summed E-state index contributed by atoms with van der Waals surface area (Å²) in [6.45, 7) is 1.84. The predicted molar refractivity (Wildman–Crippen MR) is 92.2 cm³/mol. The van der Waals surface area contributed by atoms with E-state index >= 15 is 0 Å². The summed E-state index contributed by atoms with van der Waals surface area (Å²) in [4.78, 5) is 13.0. The average molecular weight is 354 g/mol. The Kier molecular flexibility index (Phi) is 4.71. The number of thioether (sulfide) groups is 1. The predicted octanol–water partition coefficient (Wildman–Crippen LogP) is 3.07. The van der Waals surface area contributed by atoms with Crippen LogP contribution in [-0.2, 0) is 14.8 Å². The third-order valence-corrected chi connectivity index (χ3v) is 7.73. The molecule has 1 fully saturated rings. The number of benzene rings is 1. The zero-order valence-electron chi connectivity index (χ0n) is 13.4. The van der Waals surface area contributed by atoms with Crippen LogP contribution in [-0.4, -0.2) is 37.0 Å². The van der Waals surface area contributed by atoms with Crippen LogP contribution in [0.3, 0.4) is 0 Å². The highest BCUT2D eigenvalue weighted by Crippen LogP contribution is 2.37. The topological polar surface area (TPSA) is 66.5 Å². The van der Waals surface area contributed by atoms with Gasteiger partial charge in [0, 0.05) is 18.0 Å². The lowest BCUT2D eigenvalue weighted by atomic mass is 9.96. The smallest absolute Gasteiger partial charge is 0.243 e. The fraction of sp³-hybridized carbons (Fsp3) is 0.562. The van der Waals surface area contributed by atoms with E-state index in [1.54, 1.807) is 25.2 Å². The highest BCUT2D eigenvalue weighted by Gasteiger charge is 2.31. The van der Waals surface area contributed by atoms with Crippen LogP contribution in [0.2, 0.25) is 0 Å². The zero-order chi connectivity index (χ0) is 16.6. The van der Waals surface area contributed by atoms with Crippen LogP contribution in [0.4, 0.5) is 5.69 Å². The molecule has 3 rings (SSSR count). The van der Waals surface area contributed by atoms with Gasteiger partial charge in [-0.05, 0) is 38.0 Å². The summed E-state index contributed by atoms with van der Waals surface area (Å²) in [7, 11) is -1.86. The minimum absolute atomic E-state index is 0.0776. The molecule has 0 unspecified atom stereocenters. The van der Waals surface area contributed by atoms with Crippen molar-refractivity contribution in [2.24, 2.45) is 0 Å². The van der Waals surface area contributed by atoms with Crippen molar-refractivity contribution in [3.05, 3.63) is 18.2 Å². The van der Waals surface area contributed by atoms with Gasteiger partial charge in [0.05, 0.1) is 15.8 Å². The Labute approximate surface area is 141 Å². The van der Waals surface area contributed by atoms with Crippen molar-refractivity contribution in [2.75, 3.05) is 12.4 Å². The van der Waals surface area contributed by atoms with E-state index in [2.05, 4.69) is 5.32 Å². The maximum Gasteiger partial charge on any atom is 0.243 e. The molecule has 0 bridgehead atoms. The number of nitrogens with one attached hydrogen (secondary N) is 1. The number of anilines is 1. The standard InChI is InChI=1S/C16H22N2O3S2/c1-11-16(19)17-14-10-13(8-9-15(14)22-11)23(20,21)18(2)12-6-4-3-5-7-12/h8-12H,3-7H2,1-2H3,(H,17,19)/t11-/m1/s1. The molecule has 5 nitrogen and oxygen atoms in total. The van der Waals surface area contributed by atoms with E-state index in [-0.39, 0.29) is 22.1 Å². The van der Waals surface area contributed by atoms with Crippen LogP contribution in [0.5, 0.6) is 0 Å². The summed E-state index contributed by atoms with van der Waals surface area (Å²) in [5.74, 6) is -0.0855. The van der Waals surface area contributed by atoms with Gasteiger partial charge in [-0.3, -0.25) is 4.79 Å². The second-order valence-electron chi connectivity index (χ2n) is 6.22. The number of nitrogens with zero attached hydrogens (tertiary/aromatic N) is 1. The third kappa shape index (κ3) is 3.27. The number of carbonyl (C=O) groups is 1. The van der Waals surface area contributed by atoms with Gasteiger partial charge in [0.1, 0.15) is 0 Å². The summed E-state index contributed by atoms with van der Waals surface area (Å²) in [6.07, 6.45) is 5.19. The van der Waals surface area contributed by atoms with E-state index < -0.39 is 10.0 Å². The van der Waals surface area contributed by atoms with E-state index in [4.69, 9.17) is 0 Å². The summed E-state index contributed by atoms with van der Waals surface area (Å²) < 4.78 is 27.2. The van der Waals surface area contributed by atoms with Crippen LogP contribution in [0, 0.1) is 0 Å². The minimum atomic E-state index is -3.53. The van der Waals surface area contributed by atoms with Gasteiger partial charge < -0.3 is 5.32 Å². The molecule has 2 aliphatic rings. The van der Waals surface area contributed by atoms with Crippen molar-refractivity contribution in [3.63, 3.8) is 0 Å². The second-order valence-corrected chi connectivity index (χ2v) is 9.60. The Bertz CT molecular complexity index is 712. The first-order valence-electron chi connectivity index (χ1n) is 7.99. The minimum Gasteiger partial charge on any atom is -0.324 e. The molecule has 1 aromatic carbocycles. The van der Waals surface area contributed by atoms with Crippen LogP contribution in [0.15, 0.2) is 28.0 Å². The number of amides is 1. The first-order chi connectivity index (χ1) is 10.9. The van der Waals surface area contributed by atoms with Gasteiger partial charge >= 0.3 is 0 Å². The van der Waals surface area contributed by atoms with Gasteiger partial charge in [-0.1, -0.05) is 19.3 Å². The molecule has 7 heteroatoms. The molecular weight excluding hydrogens is 332 g/mol. The average Bonchev–Trinajstić information content (AvgIpc) is 2.55. The van der Waals surface area contributed by atoms with Crippen molar-refractivity contribution in [2.45, 2.75) is 60.1 Å². The van der Waals surface area contributed by atoms with E-state index in [0.29, 0.717) is 5.69 Å². The lowest BCUT2D eigenvalue weighted by molar-refractivity contribution is -0.115. The lowest BCUT2D eigenvalue weighted by Crippen LogP contribution is -2.38. The van der Waals surface area contributed by atoms with Crippen LogP contribution < -0.4 is 5.32 Å². The lowest BCUT2D eigenvalue weighted by Gasteiger charge is -2.30. The number of hydrogen-bond donors (Lipinski definition) is 1. The molecular formula is C16H22N2O3S2. The Hall–Kier alpha value is -1.05. The fourth-order valence-corrected chi connectivity index (χ4v) is 5.53. The maximum absolute atomic E-state index is 12.9. The van der Waals surface area contributed by atoms with Crippen LogP contribution in [0.25, 0.3) is 0 Å². The van der Waals surface area contributed by atoms with Crippen LogP contribution in [0.1, 0.15) is 39.0 Å². The Balaban J connectivity index is 1.88. The van der Waals surface area contributed by atoms with Gasteiger partial charge in [0.25, 0.3) is 0 Å². The van der Waals surface area contributed by atoms with E-state index in [1.165, 1.54) is 22.5 Å². The third-order valence-electron chi connectivity index (χ3n) is 4.65. The highest BCUT2D eigenvalue weighted by molar-refractivity contribution is 8.01. The van der Waals surface area contributed by atoms with Crippen molar-refractivity contribution in [3.8, 4) is 0 Å². The SMILES string of the molecule is C[C@H]1Sc2ccc(S(=O)(=O)N(C)C3CCCCC3)cc2NC1=O. The first-order valence-corrected chi connectivity index (χ1v) is 10.3. The molecule has 1 N–H and O–H groups in total. The normalized spacial score (nSPS) is 22.7. The van der Waals surface area contributed by atoms with Gasteiger partial charge in [0.2, 0.25) is 15.9 Å². The van der Waals surface area contributed by atoms with Crippen molar-refractivity contribution >= 4 is 33.4 Å². The number of sulfonamides is 1. The largest absolute Gasteiger partial charge is 0.324 e. The summed E-state index contributed by atoms with van der Waals surface area (Å²) in [6, 6.07) is 5.09. The molecule has 1 aromatic rings. The number of rotatable bonds is 3. The molecule has 0 aromatic heterocycles. The monoisotopic (exact) mass is 354 g/mol. The second kappa shape index (κ2) is 6.45. The van der Waals surface area contributed by atoms with Crippen LogP contribution >= 0.6 is 11.8 Å². The molecule has 0 saturated heterocycles. The van der Waals surface area contributed by atoms with Gasteiger partial charge in [-0.2, -0.15) is 4.31 Å². The summed E-state index contributed by atoms with van der Waals surface area (Å²) in [5.41, 5.74) is 0.594. The molecule has 1 heterocycles. The summed E-state index contributed by atoms with van der Waals surface area (Å²) >= 11 is 1.46. The van der Waals surface area contributed by atoms with E-state index in [0.717, 1.165) is 30.6 Å². The highest BCUT2D eigenvalue weighted by atomic mass is 32.2. The van der Waals surface area contributed by atoms with E-state index in [9.17, 15) is 13.2 Å².